The minimum atomic E-state index is -4.97. The monoisotopic (exact) mass is 587 g/mol. The lowest BCUT2D eigenvalue weighted by atomic mass is 10.00. The van der Waals surface area contributed by atoms with Crippen LogP contribution in [0.25, 0.3) is 11.3 Å². The summed E-state index contributed by atoms with van der Waals surface area (Å²) in [4.78, 5) is 25.4. The van der Waals surface area contributed by atoms with Crippen LogP contribution in [0.2, 0.25) is 0 Å². The van der Waals surface area contributed by atoms with E-state index in [1.807, 2.05) is 0 Å². The Labute approximate surface area is 234 Å². The summed E-state index contributed by atoms with van der Waals surface area (Å²) in [6, 6.07) is 11.3. The van der Waals surface area contributed by atoms with Gasteiger partial charge in [0, 0.05) is 42.5 Å². The number of sulfonamides is 1. The molecule has 41 heavy (non-hydrogen) atoms. The molecule has 0 bridgehead atoms. The zero-order valence-electron chi connectivity index (χ0n) is 22.0. The van der Waals surface area contributed by atoms with E-state index in [0.717, 1.165) is 12.3 Å². The molecule has 1 amide bonds. The summed E-state index contributed by atoms with van der Waals surface area (Å²) in [5, 5.41) is 2.56. The molecule has 0 radical (unpaired) electrons. The van der Waals surface area contributed by atoms with E-state index in [-0.39, 0.29) is 24.8 Å². The number of carbonyl (C=O) groups excluding carboxylic acids is 1. The number of pyridine rings is 1. The second-order valence-corrected chi connectivity index (χ2v) is 11.1. The first-order valence-electron chi connectivity index (χ1n) is 12.2. The Balaban J connectivity index is 1.83. The summed E-state index contributed by atoms with van der Waals surface area (Å²) in [5.41, 5.74) is -0.465. The third-order valence-corrected chi connectivity index (χ3v) is 7.54. The van der Waals surface area contributed by atoms with Crippen LogP contribution in [0.3, 0.4) is 0 Å². The molecule has 0 spiro atoms. The Morgan fingerprint density at radius 2 is 1.85 bits per heavy atom. The third kappa shape index (κ3) is 6.57. The second kappa shape index (κ2) is 11.7. The van der Waals surface area contributed by atoms with Gasteiger partial charge in [-0.3, -0.25) is 9.78 Å². The standard InChI is InChI=1S/C28H25F4N5O3S/c1-4-11-34-26(33-2)19-14-20(22(29)15-21(19)28(30,31)32)27(38)36-24-13-18-16-37(41(3,39)40)12-10-23(18)35-25(24)17-8-6-5-7-9-17/h4-9,11,13-15H,2,10,12,16H2,1,3H3,(H,36,38)/b11-4-,34-26?. The highest BCUT2D eigenvalue weighted by Gasteiger charge is 2.36. The lowest BCUT2D eigenvalue weighted by Crippen LogP contribution is -2.35. The Hall–Kier alpha value is -4.23. The Morgan fingerprint density at radius 3 is 2.46 bits per heavy atom. The van der Waals surface area contributed by atoms with Crippen molar-refractivity contribution < 1.29 is 30.8 Å². The average Bonchev–Trinajstić information content (AvgIpc) is 2.92. The van der Waals surface area contributed by atoms with Gasteiger partial charge in [-0.1, -0.05) is 36.4 Å². The van der Waals surface area contributed by atoms with E-state index in [1.54, 1.807) is 43.3 Å². The number of halogens is 4. The summed E-state index contributed by atoms with van der Waals surface area (Å²) in [5.74, 6) is -2.92. The predicted molar refractivity (Wildman–Crippen MR) is 149 cm³/mol. The van der Waals surface area contributed by atoms with Crippen molar-refractivity contribution >= 4 is 34.2 Å². The largest absolute Gasteiger partial charge is 0.417 e. The number of aromatic nitrogens is 1. The van der Waals surface area contributed by atoms with Gasteiger partial charge in [0.25, 0.3) is 5.91 Å². The van der Waals surface area contributed by atoms with Gasteiger partial charge < -0.3 is 5.32 Å². The van der Waals surface area contributed by atoms with E-state index in [1.165, 1.54) is 16.6 Å². The first-order valence-corrected chi connectivity index (χ1v) is 14.1. The number of hydrogen-bond acceptors (Lipinski definition) is 5. The molecular formula is C28H25F4N5O3S. The topological polar surface area (TPSA) is 104 Å². The quantitative estimate of drug-likeness (QED) is 0.235. The smallest absolute Gasteiger partial charge is 0.320 e. The number of allylic oxidation sites excluding steroid dienone is 1. The molecule has 1 aliphatic rings. The summed E-state index contributed by atoms with van der Waals surface area (Å²) in [6.45, 7) is 5.08. The molecule has 13 heteroatoms. The van der Waals surface area contributed by atoms with Crippen LogP contribution in [0.1, 0.15) is 39.7 Å². The highest BCUT2D eigenvalue weighted by Crippen LogP contribution is 2.35. The van der Waals surface area contributed by atoms with Crippen molar-refractivity contribution in [3.05, 3.63) is 94.6 Å². The Kier molecular flexibility index (Phi) is 8.50. The number of fused-ring (bicyclic) bond motifs is 1. The summed E-state index contributed by atoms with van der Waals surface area (Å²) in [7, 11) is -3.51. The van der Waals surface area contributed by atoms with Crippen molar-refractivity contribution in [1.29, 1.82) is 0 Å². The molecular weight excluding hydrogens is 562 g/mol. The van der Waals surface area contributed by atoms with Crippen molar-refractivity contribution in [1.82, 2.24) is 9.29 Å². The fraction of sp³-hybridized carbons (Fsp3) is 0.214. The van der Waals surface area contributed by atoms with Crippen LogP contribution in [0.15, 0.2) is 70.8 Å². The van der Waals surface area contributed by atoms with Crippen LogP contribution in [-0.4, -0.2) is 49.0 Å². The molecule has 1 N–H and O–H groups in total. The van der Waals surface area contributed by atoms with Gasteiger partial charge in [0.1, 0.15) is 5.82 Å². The first kappa shape index (κ1) is 29.7. The van der Waals surface area contributed by atoms with Crippen LogP contribution in [0.5, 0.6) is 0 Å². The lowest BCUT2D eigenvalue weighted by Gasteiger charge is -2.27. The van der Waals surface area contributed by atoms with Gasteiger partial charge in [-0.05, 0) is 37.4 Å². The summed E-state index contributed by atoms with van der Waals surface area (Å²) >= 11 is 0. The second-order valence-electron chi connectivity index (χ2n) is 9.13. The highest BCUT2D eigenvalue weighted by atomic mass is 32.2. The number of nitrogens with zero attached hydrogens (tertiary/aromatic N) is 4. The first-order chi connectivity index (χ1) is 19.3. The average molecular weight is 588 g/mol. The lowest BCUT2D eigenvalue weighted by molar-refractivity contribution is -0.137. The number of amidine groups is 1. The molecule has 2 heterocycles. The molecule has 0 saturated carbocycles. The van der Waals surface area contributed by atoms with Gasteiger partial charge >= 0.3 is 6.18 Å². The summed E-state index contributed by atoms with van der Waals surface area (Å²) in [6.07, 6.45) is -0.909. The molecule has 214 valence electrons. The number of hydrogen-bond donors (Lipinski definition) is 1. The van der Waals surface area contributed by atoms with Gasteiger partial charge in [-0.25, -0.2) is 22.8 Å². The van der Waals surface area contributed by atoms with Crippen molar-refractivity contribution in [2.75, 3.05) is 18.1 Å². The minimum Gasteiger partial charge on any atom is -0.320 e. The van der Waals surface area contributed by atoms with Crippen LogP contribution in [-0.2, 0) is 29.2 Å². The Bertz CT molecular complexity index is 1670. The zero-order valence-corrected chi connectivity index (χ0v) is 22.9. The van der Waals surface area contributed by atoms with Crippen molar-refractivity contribution in [3.8, 4) is 11.3 Å². The molecule has 0 saturated heterocycles. The van der Waals surface area contributed by atoms with Crippen molar-refractivity contribution in [3.63, 3.8) is 0 Å². The number of benzene rings is 2. The number of nitrogens with one attached hydrogen (secondary N) is 1. The van der Waals surface area contributed by atoms with Gasteiger partial charge in [0.05, 0.1) is 28.8 Å². The van der Waals surface area contributed by atoms with Gasteiger partial charge in [0.15, 0.2) is 5.84 Å². The molecule has 1 aliphatic heterocycles. The van der Waals surface area contributed by atoms with Crippen LogP contribution >= 0.6 is 0 Å². The van der Waals surface area contributed by atoms with Crippen molar-refractivity contribution in [2.24, 2.45) is 9.98 Å². The molecule has 4 rings (SSSR count). The van der Waals surface area contributed by atoms with Crippen molar-refractivity contribution in [2.45, 2.75) is 26.1 Å². The molecule has 0 fully saturated rings. The minimum absolute atomic E-state index is 0.00761. The van der Waals surface area contributed by atoms with E-state index in [2.05, 4.69) is 27.0 Å². The molecule has 0 atom stereocenters. The van der Waals surface area contributed by atoms with Gasteiger partial charge in [0.2, 0.25) is 10.0 Å². The normalized spacial score (nSPS) is 14.6. The maximum Gasteiger partial charge on any atom is 0.417 e. The number of aliphatic imine (C=N–C) groups is 2. The van der Waals surface area contributed by atoms with Crippen LogP contribution in [0, 0.1) is 5.82 Å². The molecule has 1 aromatic heterocycles. The molecule has 2 aromatic carbocycles. The molecule has 0 unspecified atom stereocenters. The fourth-order valence-corrected chi connectivity index (χ4v) is 5.13. The highest BCUT2D eigenvalue weighted by molar-refractivity contribution is 7.88. The SMILES string of the molecule is C=NC(=N/C=C\C)c1cc(C(=O)Nc2cc3c(nc2-c2ccccc2)CCN(S(C)(=O)=O)C3)c(F)cc1C(F)(F)F. The maximum absolute atomic E-state index is 15.1. The number of carbonyl (C=O) groups is 1. The van der Waals surface area contributed by atoms with Crippen LogP contribution < -0.4 is 5.32 Å². The van der Waals surface area contributed by atoms with E-state index >= 15 is 4.39 Å². The van der Waals surface area contributed by atoms with E-state index in [4.69, 9.17) is 0 Å². The molecule has 8 nitrogen and oxygen atoms in total. The number of amides is 1. The number of alkyl halides is 3. The molecule has 0 aliphatic carbocycles. The number of anilines is 1. The zero-order chi connectivity index (χ0) is 29.9. The van der Waals surface area contributed by atoms with Crippen LogP contribution in [0.4, 0.5) is 23.2 Å². The summed E-state index contributed by atoms with van der Waals surface area (Å²) < 4.78 is 82.0. The number of rotatable bonds is 6. The maximum atomic E-state index is 15.1. The fourth-order valence-electron chi connectivity index (χ4n) is 4.34. The van der Waals surface area contributed by atoms with E-state index in [0.29, 0.717) is 28.9 Å². The Morgan fingerprint density at radius 1 is 1.15 bits per heavy atom. The van der Waals surface area contributed by atoms with Gasteiger partial charge in [-0.15, -0.1) is 0 Å². The predicted octanol–water partition coefficient (Wildman–Crippen LogP) is 5.46. The van der Waals surface area contributed by atoms with Gasteiger partial charge in [-0.2, -0.15) is 17.5 Å². The third-order valence-electron chi connectivity index (χ3n) is 6.29. The molecule has 3 aromatic rings. The van der Waals surface area contributed by atoms with E-state index in [9.17, 15) is 26.4 Å². The van der Waals surface area contributed by atoms with E-state index < -0.39 is 50.4 Å².